The lowest BCUT2D eigenvalue weighted by atomic mass is 10.0. The molecule has 0 atom stereocenters. The highest BCUT2D eigenvalue weighted by Crippen LogP contribution is 2.30. The first kappa shape index (κ1) is 19.2. The van der Waals surface area contributed by atoms with Gasteiger partial charge in [-0.05, 0) is 43.8 Å². The molecule has 0 spiro atoms. The van der Waals surface area contributed by atoms with Crippen molar-refractivity contribution >= 4 is 28.8 Å². The quantitative estimate of drug-likeness (QED) is 0.796. The van der Waals surface area contributed by atoms with Gasteiger partial charge in [-0.3, -0.25) is 14.5 Å². The zero-order valence-electron chi connectivity index (χ0n) is 16.9. The van der Waals surface area contributed by atoms with Gasteiger partial charge in [0, 0.05) is 44.1 Å². The number of nitrogens with one attached hydrogen (secondary N) is 1. The molecule has 2 aromatic rings. The van der Waals surface area contributed by atoms with Crippen molar-refractivity contribution in [2.75, 3.05) is 50.0 Å². The smallest absolute Gasteiger partial charge is 0.278 e. The second kappa shape index (κ2) is 8.09. The summed E-state index contributed by atoms with van der Waals surface area (Å²) in [6.45, 7) is 6.28. The lowest BCUT2D eigenvalue weighted by Gasteiger charge is -2.34. The number of piperazine rings is 1. The summed E-state index contributed by atoms with van der Waals surface area (Å²) in [7, 11) is 2.14. The number of anilines is 2. The van der Waals surface area contributed by atoms with Crippen molar-refractivity contribution in [3.63, 3.8) is 0 Å². The van der Waals surface area contributed by atoms with Gasteiger partial charge in [0.25, 0.3) is 11.8 Å². The van der Waals surface area contributed by atoms with Crippen LogP contribution in [0, 0.1) is 0 Å². The Morgan fingerprint density at radius 3 is 2.14 bits per heavy atom. The average molecular weight is 390 g/mol. The molecular formula is C23H26N4O2. The minimum atomic E-state index is -0.278. The van der Waals surface area contributed by atoms with E-state index in [0.717, 1.165) is 37.4 Å². The predicted molar refractivity (Wildman–Crippen MR) is 116 cm³/mol. The number of rotatable bonds is 5. The number of likely N-dealkylation sites (N-methyl/N-ethyl adjacent to an activating group) is 2. The van der Waals surface area contributed by atoms with Gasteiger partial charge in [0.2, 0.25) is 0 Å². The van der Waals surface area contributed by atoms with Crippen LogP contribution in [0.5, 0.6) is 0 Å². The van der Waals surface area contributed by atoms with Crippen molar-refractivity contribution in [2.45, 2.75) is 6.92 Å². The van der Waals surface area contributed by atoms with Gasteiger partial charge in [0.05, 0.1) is 5.57 Å². The van der Waals surface area contributed by atoms with E-state index in [9.17, 15) is 9.59 Å². The van der Waals surface area contributed by atoms with Crippen LogP contribution in [0.1, 0.15) is 12.5 Å². The summed E-state index contributed by atoms with van der Waals surface area (Å²) in [5.74, 6) is -0.528. The van der Waals surface area contributed by atoms with Crippen LogP contribution in [-0.2, 0) is 9.59 Å². The molecule has 6 nitrogen and oxygen atoms in total. The molecule has 2 aliphatic rings. The minimum absolute atomic E-state index is 0.250. The Labute approximate surface area is 171 Å². The zero-order valence-corrected chi connectivity index (χ0v) is 16.9. The molecule has 6 heteroatoms. The van der Waals surface area contributed by atoms with Crippen molar-refractivity contribution < 1.29 is 9.59 Å². The first-order valence-corrected chi connectivity index (χ1v) is 10.0. The fourth-order valence-corrected chi connectivity index (χ4v) is 3.82. The Hall–Kier alpha value is -3.12. The fourth-order valence-electron chi connectivity index (χ4n) is 3.82. The van der Waals surface area contributed by atoms with Gasteiger partial charge in [-0.2, -0.15) is 0 Å². The second-order valence-corrected chi connectivity index (χ2v) is 7.43. The number of imide groups is 1. The summed E-state index contributed by atoms with van der Waals surface area (Å²) in [4.78, 5) is 31.7. The number of nitrogens with zero attached hydrogens (tertiary/aromatic N) is 3. The monoisotopic (exact) mass is 390 g/mol. The van der Waals surface area contributed by atoms with Crippen molar-refractivity contribution in [1.29, 1.82) is 0 Å². The van der Waals surface area contributed by atoms with Crippen molar-refractivity contribution in [2.24, 2.45) is 0 Å². The fraction of sp³-hybridized carbons (Fsp3) is 0.304. The molecule has 0 saturated carbocycles. The molecule has 1 N–H and O–H groups in total. The van der Waals surface area contributed by atoms with Gasteiger partial charge >= 0.3 is 0 Å². The van der Waals surface area contributed by atoms with Gasteiger partial charge in [0.15, 0.2) is 0 Å². The van der Waals surface area contributed by atoms with Crippen LogP contribution in [0.25, 0.3) is 5.57 Å². The molecule has 1 fully saturated rings. The lowest BCUT2D eigenvalue weighted by Crippen LogP contribution is -2.44. The van der Waals surface area contributed by atoms with Crippen molar-refractivity contribution in [3.05, 3.63) is 65.9 Å². The highest BCUT2D eigenvalue weighted by Gasteiger charge is 2.38. The van der Waals surface area contributed by atoms with E-state index in [-0.39, 0.29) is 11.8 Å². The minimum Gasteiger partial charge on any atom is -0.369 e. The summed E-state index contributed by atoms with van der Waals surface area (Å²) in [5.41, 5.74) is 3.49. The highest BCUT2D eigenvalue weighted by molar-refractivity contribution is 6.36. The molecule has 0 unspecified atom stereocenters. The molecule has 2 aromatic carbocycles. The van der Waals surface area contributed by atoms with Crippen LogP contribution < -0.4 is 10.2 Å². The molecule has 0 aliphatic carbocycles. The number of benzene rings is 2. The third-order valence-corrected chi connectivity index (χ3v) is 5.55. The molecule has 0 radical (unpaired) electrons. The van der Waals surface area contributed by atoms with Crippen LogP contribution in [0.2, 0.25) is 0 Å². The molecular weight excluding hydrogens is 364 g/mol. The largest absolute Gasteiger partial charge is 0.369 e. The predicted octanol–water partition coefficient (Wildman–Crippen LogP) is 2.65. The molecule has 4 rings (SSSR count). The standard InChI is InChI=1S/C23H26N4O2/c1-3-27-22(28)20(17-7-5-4-6-8-17)21(23(27)29)24-18-9-11-19(12-10-18)26-15-13-25(2)14-16-26/h4-12,24H,3,13-16H2,1-2H3. The van der Waals surface area contributed by atoms with E-state index in [2.05, 4.69) is 34.3 Å². The Morgan fingerprint density at radius 2 is 1.52 bits per heavy atom. The van der Waals surface area contributed by atoms with Crippen LogP contribution in [-0.4, -0.2) is 61.4 Å². The van der Waals surface area contributed by atoms with Crippen LogP contribution in [0.15, 0.2) is 60.3 Å². The number of hydrogen-bond donors (Lipinski definition) is 1. The maximum Gasteiger partial charge on any atom is 0.278 e. The van der Waals surface area contributed by atoms with Gasteiger partial charge < -0.3 is 15.1 Å². The molecule has 0 bridgehead atoms. The third-order valence-electron chi connectivity index (χ3n) is 5.55. The van der Waals surface area contributed by atoms with Crippen LogP contribution >= 0.6 is 0 Å². The lowest BCUT2D eigenvalue weighted by molar-refractivity contribution is -0.136. The van der Waals surface area contributed by atoms with Gasteiger partial charge in [-0.15, -0.1) is 0 Å². The van der Waals surface area contributed by atoms with Gasteiger partial charge in [-0.25, -0.2) is 0 Å². The first-order valence-electron chi connectivity index (χ1n) is 10.0. The van der Waals surface area contributed by atoms with Crippen LogP contribution in [0.3, 0.4) is 0 Å². The third kappa shape index (κ3) is 3.76. The number of amides is 2. The van der Waals surface area contributed by atoms with Gasteiger partial charge in [-0.1, -0.05) is 30.3 Å². The van der Waals surface area contributed by atoms with E-state index in [1.54, 1.807) is 0 Å². The van der Waals surface area contributed by atoms with Gasteiger partial charge in [0.1, 0.15) is 5.70 Å². The van der Waals surface area contributed by atoms with E-state index in [0.29, 0.717) is 17.8 Å². The summed E-state index contributed by atoms with van der Waals surface area (Å²) in [6.07, 6.45) is 0. The zero-order chi connectivity index (χ0) is 20.4. The summed E-state index contributed by atoms with van der Waals surface area (Å²) in [5, 5.41) is 3.21. The molecule has 29 heavy (non-hydrogen) atoms. The van der Waals surface area contributed by atoms with E-state index in [1.165, 1.54) is 10.6 Å². The number of carbonyl (C=O) groups excluding carboxylic acids is 2. The normalized spacial score (nSPS) is 18.0. The molecule has 2 aliphatic heterocycles. The Kier molecular flexibility index (Phi) is 5.36. The van der Waals surface area contributed by atoms with Crippen LogP contribution in [0.4, 0.5) is 11.4 Å². The number of carbonyl (C=O) groups is 2. The van der Waals surface area contributed by atoms with E-state index < -0.39 is 0 Å². The Bertz CT molecular complexity index is 929. The summed E-state index contributed by atoms with van der Waals surface area (Å²) >= 11 is 0. The maximum absolute atomic E-state index is 12.9. The summed E-state index contributed by atoms with van der Waals surface area (Å²) < 4.78 is 0. The molecule has 150 valence electrons. The van der Waals surface area contributed by atoms with E-state index in [4.69, 9.17) is 0 Å². The van der Waals surface area contributed by atoms with Crippen molar-refractivity contribution in [1.82, 2.24) is 9.80 Å². The molecule has 2 amide bonds. The Morgan fingerprint density at radius 1 is 0.862 bits per heavy atom. The number of hydrogen-bond acceptors (Lipinski definition) is 5. The first-order chi connectivity index (χ1) is 14.1. The molecule has 2 heterocycles. The maximum atomic E-state index is 12.9. The van der Waals surface area contributed by atoms with E-state index in [1.807, 2.05) is 49.4 Å². The SMILES string of the molecule is CCN1C(=O)C(Nc2ccc(N3CCN(C)CC3)cc2)=C(c2ccccc2)C1=O. The second-order valence-electron chi connectivity index (χ2n) is 7.43. The average Bonchev–Trinajstić information content (AvgIpc) is 2.99. The van der Waals surface area contributed by atoms with E-state index >= 15 is 0 Å². The Balaban J connectivity index is 1.60. The molecule has 1 saturated heterocycles. The summed E-state index contributed by atoms with van der Waals surface area (Å²) in [6, 6.07) is 17.4. The topological polar surface area (TPSA) is 55.9 Å². The van der Waals surface area contributed by atoms with Crippen molar-refractivity contribution in [3.8, 4) is 0 Å². The molecule has 0 aromatic heterocycles. The highest BCUT2D eigenvalue weighted by atomic mass is 16.2.